The molecule has 1 aliphatic heterocycles. The third kappa shape index (κ3) is 2.90. The maximum atomic E-state index is 11.0. The van der Waals surface area contributed by atoms with Crippen LogP contribution < -0.4 is 10.1 Å². The first-order valence-electron chi connectivity index (χ1n) is 5.89. The highest BCUT2D eigenvalue weighted by molar-refractivity contribution is 8.00. The number of hydrogen-bond acceptors (Lipinski definition) is 4. The molecule has 0 bridgehead atoms. The highest BCUT2D eigenvalue weighted by atomic mass is 32.2. The van der Waals surface area contributed by atoms with Crippen molar-refractivity contribution in [2.45, 2.75) is 24.6 Å². The van der Waals surface area contributed by atoms with E-state index in [9.17, 15) is 4.79 Å². The van der Waals surface area contributed by atoms with Crippen molar-refractivity contribution in [3.05, 3.63) is 23.8 Å². The largest absolute Gasteiger partial charge is 0.495 e. The Morgan fingerprint density at radius 2 is 2.33 bits per heavy atom. The van der Waals surface area contributed by atoms with Crippen LogP contribution >= 0.6 is 11.8 Å². The molecule has 0 amide bonds. The molecule has 0 spiro atoms. The van der Waals surface area contributed by atoms with E-state index in [0.717, 1.165) is 17.9 Å². The highest BCUT2D eigenvalue weighted by Gasteiger charge is 2.22. The molecule has 2 N–H and O–H groups in total. The van der Waals surface area contributed by atoms with Crippen LogP contribution in [-0.4, -0.2) is 35.2 Å². The minimum Gasteiger partial charge on any atom is -0.495 e. The zero-order valence-corrected chi connectivity index (χ0v) is 11.3. The number of rotatable bonds is 4. The number of ether oxygens (including phenoxy) is 1. The van der Waals surface area contributed by atoms with E-state index < -0.39 is 5.97 Å². The van der Waals surface area contributed by atoms with E-state index in [1.54, 1.807) is 25.3 Å². The van der Waals surface area contributed by atoms with Crippen molar-refractivity contribution < 1.29 is 14.6 Å². The number of nitrogens with one attached hydrogen (secondary N) is 1. The highest BCUT2D eigenvalue weighted by Crippen LogP contribution is 2.32. The summed E-state index contributed by atoms with van der Waals surface area (Å²) < 4.78 is 5.25. The Morgan fingerprint density at radius 1 is 1.56 bits per heavy atom. The first kappa shape index (κ1) is 13.1. The summed E-state index contributed by atoms with van der Waals surface area (Å²) in [5, 5.41) is 13.0. The number of aromatic carboxylic acids is 1. The topological polar surface area (TPSA) is 58.6 Å². The molecule has 0 radical (unpaired) electrons. The summed E-state index contributed by atoms with van der Waals surface area (Å²) in [6.07, 6.45) is 1.09. The lowest BCUT2D eigenvalue weighted by atomic mass is 10.1. The predicted octanol–water partition coefficient (Wildman–Crippen LogP) is 2.70. The van der Waals surface area contributed by atoms with Crippen molar-refractivity contribution >= 4 is 23.4 Å². The van der Waals surface area contributed by atoms with E-state index >= 15 is 0 Å². The van der Waals surface area contributed by atoms with Gasteiger partial charge in [-0.25, -0.2) is 4.79 Å². The molecule has 2 rings (SSSR count). The minimum atomic E-state index is -0.921. The number of carboxylic acid groups (broad SMARTS) is 1. The average molecular weight is 267 g/mol. The second kappa shape index (κ2) is 5.52. The first-order valence-corrected chi connectivity index (χ1v) is 6.94. The van der Waals surface area contributed by atoms with Gasteiger partial charge in [0.05, 0.1) is 18.4 Å². The molecule has 4 nitrogen and oxygen atoms in total. The summed E-state index contributed by atoms with van der Waals surface area (Å²) in [4.78, 5) is 11.0. The normalized spacial score (nSPS) is 22.8. The molecule has 1 fully saturated rings. The van der Waals surface area contributed by atoms with Gasteiger partial charge in [0.2, 0.25) is 0 Å². The van der Waals surface area contributed by atoms with Gasteiger partial charge in [0.15, 0.2) is 0 Å². The van der Waals surface area contributed by atoms with E-state index in [-0.39, 0.29) is 5.56 Å². The second-order valence-corrected chi connectivity index (χ2v) is 5.91. The number of methoxy groups -OCH3 is 1. The van der Waals surface area contributed by atoms with Gasteiger partial charge < -0.3 is 15.2 Å². The fourth-order valence-corrected chi connectivity index (χ4v) is 3.24. The average Bonchev–Trinajstić information content (AvgIpc) is 2.74. The Kier molecular flexibility index (Phi) is 4.01. The van der Waals surface area contributed by atoms with E-state index in [1.165, 1.54) is 0 Å². The van der Waals surface area contributed by atoms with Crippen molar-refractivity contribution in [1.29, 1.82) is 0 Å². The number of carbonyl (C=O) groups is 1. The van der Waals surface area contributed by atoms with Crippen LogP contribution in [0.15, 0.2) is 18.2 Å². The van der Waals surface area contributed by atoms with Crippen LogP contribution in [0.25, 0.3) is 0 Å². The zero-order valence-electron chi connectivity index (χ0n) is 10.5. The molecular weight excluding hydrogens is 250 g/mol. The van der Waals surface area contributed by atoms with Gasteiger partial charge in [-0.1, -0.05) is 6.92 Å². The fraction of sp³-hybridized carbons (Fsp3) is 0.462. The third-order valence-corrected chi connectivity index (χ3v) is 4.36. The van der Waals surface area contributed by atoms with Crippen LogP contribution in [0.1, 0.15) is 23.7 Å². The zero-order chi connectivity index (χ0) is 13.1. The van der Waals surface area contributed by atoms with Gasteiger partial charge in [0, 0.05) is 17.0 Å². The molecular formula is C13H17NO3S. The van der Waals surface area contributed by atoms with Gasteiger partial charge in [-0.15, -0.1) is 0 Å². The van der Waals surface area contributed by atoms with E-state index in [1.807, 2.05) is 11.8 Å². The molecule has 0 aliphatic carbocycles. The Bertz CT molecular complexity index is 450. The number of anilines is 1. The van der Waals surface area contributed by atoms with Crippen molar-refractivity contribution in [3.63, 3.8) is 0 Å². The van der Waals surface area contributed by atoms with Crippen LogP contribution in [0.2, 0.25) is 0 Å². The lowest BCUT2D eigenvalue weighted by Gasteiger charge is -2.16. The van der Waals surface area contributed by atoms with Crippen molar-refractivity contribution in [1.82, 2.24) is 0 Å². The Hall–Kier alpha value is -1.36. The molecule has 1 aromatic carbocycles. The van der Waals surface area contributed by atoms with Gasteiger partial charge in [-0.2, -0.15) is 11.8 Å². The van der Waals surface area contributed by atoms with Gasteiger partial charge in [-0.05, 0) is 24.6 Å². The van der Waals surface area contributed by atoms with Crippen LogP contribution in [0.4, 0.5) is 5.69 Å². The first-order chi connectivity index (χ1) is 8.60. The van der Waals surface area contributed by atoms with Gasteiger partial charge in [-0.3, -0.25) is 0 Å². The van der Waals surface area contributed by atoms with Crippen molar-refractivity contribution in [2.75, 3.05) is 18.2 Å². The number of thioether (sulfide) groups is 1. The molecule has 18 heavy (non-hydrogen) atoms. The smallest absolute Gasteiger partial charge is 0.335 e. The van der Waals surface area contributed by atoms with Gasteiger partial charge >= 0.3 is 5.97 Å². The maximum absolute atomic E-state index is 11.0. The third-order valence-electron chi connectivity index (χ3n) is 3.00. The summed E-state index contributed by atoms with van der Waals surface area (Å²) in [5.74, 6) is 0.807. The van der Waals surface area contributed by atoms with Crippen LogP contribution in [0.3, 0.4) is 0 Å². The Labute approximate surface area is 111 Å². The van der Waals surface area contributed by atoms with Gasteiger partial charge in [0.25, 0.3) is 0 Å². The van der Waals surface area contributed by atoms with E-state index in [4.69, 9.17) is 9.84 Å². The van der Waals surface area contributed by atoms with E-state index in [2.05, 4.69) is 12.2 Å². The number of carboxylic acids is 1. The maximum Gasteiger partial charge on any atom is 0.335 e. The fourth-order valence-electron chi connectivity index (χ4n) is 2.09. The summed E-state index contributed by atoms with van der Waals surface area (Å²) in [5.41, 5.74) is 1.04. The summed E-state index contributed by atoms with van der Waals surface area (Å²) >= 11 is 1.93. The Balaban J connectivity index is 2.18. The molecule has 1 aromatic rings. The molecule has 1 aliphatic rings. The molecule has 0 saturated carbocycles. The molecule has 1 heterocycles. The molecule has 1 saturated heterocycles. The minimum absolute atomic E-state index is 0.275. The lowest BCUT2D eigenvalue weighted by Crippen LogP contribution is -2.19. The molecule has 98 valence electrons. The van der Waals surface area contributed by atoms with Gasteiger partial charge in [0.1, 0.15) is 5.75 Å². The van der Waals surface area contributed by atoms with Crippen LogP contribution in [0.5, 0.6) is 5.75 Å². The number of benzene rings is 1. The summed E-state index contributed by atoms with van der Waals surface area (Å²) in [6.45, 7) is 2.21. The summed E-state index contributed by atoms with van der Waals surface area (Å²) in [7, 11) is 1.59. The molecule has 0 aromatic heterocycles. The molecule has 2 atom stereocenters. The van der Waals surface area contributed by atoms with Crippen molar-refractivity contribution in [3.8, 4) is 5.75 Å². The second-order valence-electron chi connectivity index (χ2n) is 4.44. The van der Waals surface area contributed by atoms with Crippen LogP contribution in [0, 0.1) is 0 Å². The molecule has 5 heteroatoms. The Morgan fingerprint density at radius 3 is 2.89 bits per heavy atom. The number of hydrogen-bond donors (Lipinski definition) is 2. The monoisotopic (exact) mass is 267 g/mol. The summed E-state index contributed by atoms with van der Waals surface area (Å²) in [6, 6.07) is 5.26. The molecule has 2 unspecified atom stereocenters. The quantitative estimate of drug-likeness (QED) is 0.878. The lowest BCUT2D eigenvalue weighted by molar-refractivity contribution is 0.0697. The standard InChI is InChI=1S/C13H17NO3S/c1-8-5-10(7-18-8)14-11-6-9(13(15)16)3-4-12(11)17-2/h3-4,6,8,10,14H,5,7H2,1-2H3,(H,15,16). The SMILES string of the molecule is COc1ccc(C(=O)O)cc1NC1CSC(C)C1. The van der Waals surface area contributed by atoms with Crippen LogP contribution in [-0.2, 0) is 0 Å². The predicted molar refractivity (Wildman–Crippen MR) is 73.9 cm³/mol. The van der Waals surface area contributed by atoms with Crippen molar-refractivity contribution in [2.24, 2.45) is 0 Å². The van der Waals surface area contributed by atoms with E-state index in [0.29, 0.717) is 17.0 Å².